The number of nitrogens with two attached hydrogens (primary N) is 1. The Morgan fingerprint density at radius 1 is 0.772 bits per heavy atom. The zero-order chi connectivity index (χ0) is 58.5. The van der Waals surface area contributed by atoms with Crippen LogP contribution in [0.2, 0.25) is 0 Å². The normalized spacial score (nSPS) is 14.8. The monoisotopic (exact) mass is 1130 g/mol. The third kappa shape index (κ3) is 23.6. The van der Waals surface area contributed by atoms with E-state index in [-0.39, 0.29) is 90.2 Å². The molecule has 0 aliphatic carbocycles. The van der Waals surface area contributed by atoms with Crippen molar-refractivity contribution < 1.29 is 86.6 Å². The average Bonchev–Trinajstić information content (AvgIpc) is 3.45. The van der Waals surface area contributed by atoms with Crippen LogP contribution in [0.1, 0.15) is 95.8 Å². The third-order valence-electron chi connectivity index (χ3n) is 12.7. The van der Waals surface area contributed by atoms with Crippen molar-refractivity contribution >= 4 is 77.5 Å². The fourth-order valence-electron chi connectivity index (χ4n) is 7.70. The number of anilines is 1. The van der Waals surface area contributed by atoms with E-state index in [9.17, 15) is 47.9 Å². The molecule has 1 aliphatic heterocycles. The predicted molar refractivity (Wildman–Crippen MR) is 288 cm³/mol. The van der Waals surface area contributed by atoms with Gasteiger partial charge in [0.25, 0.3) is 5.91 Å². The van der Waals surface area contributed by atoms with E-state index in [2.05, 4.69) is 39.2 Å². The summed E-state index contributed by atoms with van der Waals surface area (Å²) in [6.45, 7) is 6.28. The van der Waals surface area contributed by atoms with Crippen LogP contribution in [0.25, 0.3) is 0 Å². The van der Waals surface area contributed by atoms with Gasteiger partial charge in [-0.05, 0) is 73.9 Å². The van der Waals surface area contributed by atoms with Crippen molar-refractivity contribution in [3.63, 3.8) is 0 Å². The fourth-order valence-corrected chi connectivity index (χ4v) is 7.94. The topological polar surface area (TPSA) is 356 Å². The number of aryl methyl sites for hydroxylation is 1. The summed E-state index contributed by atoms with van der Waals surface area (Å²) in [4.78, 5) is 127. The van der Waals surface area contributed by atoms with Crippen molar-refractivity contribution in [2.45, 2.75) is 115 Å². The molecular weight excluding hydrogens is 1050 g/mol. The van der Waals surface area contributed by atoms with Crippen molar-refractivity contribution in [2.24, 2.45) is 11.1 Å². The highest BCUT2D eigenvalue weighted by molar-refractivity contribution is 7.80. The number of aliphatic carboxylic acids is 2. The summed E-state index contributed by atoms with van der Waals surface area (Å²) >= 11 is 3.82. The number of piperidine rings is 1. The van der Waals surface area contributed by atoms with Crippen LogP contribution in [0.4, 0.5) is 5.69 Å². The van der Waals surface area contributed by atoms with Crippen molar-refractivity contribution in [3.05, 3.63) is 53.6 Å². The van der Waals surface area contributed by atoms with E-state index in [0.717, 1.165) is 5.56 Å². The first kappa shape index (κ1) is 66.4. The Kier molecular flexibility index (Phi) is 29.3. The van der Waals surface area contributed by atoms with Crippen LogP contribution in [0.3, 0.4) is 0 Å². The molecule has 9 N–H and O–H groups in total. The second-order valence-electron chi connectivity index (χ2n) is 19.0. The highest BCUT2D eigenvalue weighted by Gasteiger charge is 2.41. The minimum absolute atomic E-state index is 0.0105. The highest BCUT2D eigenvalue weighted by atomic mass is 32.1. The molecule has 0 bridgehead atoms. The summed E-state index contributed by atoms with van der Waals surface area (Å²) in [5, 5.41) is 30.4. The van der Waals surface area contributed by atoms with E-state index in [4.69, 9.17) is 44.4 Å². The zero-order valence-electron chi connectivity index (χ0n) is 45.5. The van der Waals surface area contributed by atoms with Gasteiger partial charge in [-0.25, -0.2) is 9.59 Å². The summed E-state index contributed by atoms with van der Waals surface area (Å²) in [5.41, 5.74) is 6.77. The Hall–Kier alpha value is -6.87. The molecule has 3 rings (SSSR count). The molecule has 0 spiro atoms. The molecule has 6 amide bonds. The maximum atomic E-state index is 14.0. The van der Waals surface area contributed by atoms with Gasteiger partial charge in [0.1, 0.15) is 30.3 Å². The Labute approximate surface area is 464 Å². The number of ether oxygens (including phenoxy) is 6. The summed E-state index contributed by atoms with van der Waals surface area (Å²) in [5.74, 6) is -7.25. The van der Waals surface area contributed by atoms with Gasteiger partial charge in [-0.3, -0.25) is 38.4 Å². The maximum absolute atomic E-state index is 14.0. The molecule has 2 unspecified atom stereocenters. The molecule has 0 aromatic heterocycles. The number of carbonyl (C=O) groups is 10. The number of likely N-dealkylation sites (tertiary alicyclic amines) is 1. The molecule has 5 atom stereocenters. The van der Waals surface area contributed by atoms with Crippen molar-refractivity contribution in [3.8, 4) is 11.5 Å². The summed E-state index contributed by atoms with van der Waals surface area (Å²) in [6, 6.07) is 6.97. The van der Waals surface area contributed by atoms with Gasteiger partial charge < -0.3 is 75.9 Å². The van der Waals surface area contributed by atoms with Gasteiger partial charge >= 0.3 is 17.9 Å². The molecule has 1 heterocycles. The van der Waals surface area contributed by atoms with Crippen LogP contribution < -0.4 is 41.8 Å². The number of benzene rings is 2. The second kappa shape index (κ2) is 34.9. The molecule has 1 fully saturated rings. The molecule has 0 saturated carbocycles. The van der Waals surface area contributed by atoms with Gasteiger partial charge in [0, 0.05) is 55.8 Å². The first-order valence-corrected chi connectivity index (χ1v) is 26.6. The number of nitrogens with zero attached hydrogens (tertiary/aromatic N) is 1. The predicted octanol–water partition coefficient (Wildman–Crippen LogP) is 1.48. The summed E-state index contributed by atoms with van der Waals surface area (Å²) in [6.07, 6.45) is 0.896. The molecule has 0 radical (unpaired) electrons. The Morgan fingerprint density at radius 2 is 1.42 bits per heavy atom. The number of ketones is 1. The maximum Gasteiger partial charge on any atom is 0.329 e. The van der Waals surface area contributed by atoms with Gasteiger partial charge in [0.2, 0.25) is 35.3 Å². The largest absolute Gasteiger partial charge is 0.493 e. The molecule has 26 heteroatoms. The van der Waals surface area contributed by atoms with Gasteiger partial charge in [-0.1, -0.05) is 39.0 Å². The number of carbonyl (C=O) groups excluding carboxylic acids is 8. The smallest absolute Gasteiger partial charge is 0.329 e. The lowest BCUT2D eigenvalue weighted by molar-refractivity contribution is -0.164. The molecular formula is C53H77N7O18S. The van der Waals surface area contributed by atoms with Gasteiger partial charge in [0.15, 0.2) is 11.5 Å². The second-order valence-corrected chi connectivity index (χ2v) is 19.4. The van der Waals surface area contributed by atoms with E-state index >= 15 is 0 Å². The minimum atomic E-state index is -1.63. The minimum Gasteiger partial charge on any atom is -0.493 e. The third-order valence-corrected chi connectivity index (χ3v) is 13.1. The first-order valence-electron chi connectivity index (χ1n) is 26.0. The lowest BCUT2D eigenvalue weighted by Crippen LogP contribution is -2.57. The van der Waals surface area contributed by atoms with Crippen molar-refractivity contribution in [1.29, 1.82) is 0 Å². The standard InChI is InChI=1S/C53H77N7O18S/c1-6-53(2,3)47(66)50(69)60-21-8-7-12-39(60)52(72)78-40(15-13-33-14-16-41(73-4)42(28-33)74-5)34-10-9-11-35(29-34)57-45(63)18-17-43(61)55-20-23-76-25-27-77-26-24-75-22-19-44(62)56-31-36(54)48(67)58-37(30-46(64)65)49(68)59-38(32-79)51(70)71/h9-11,14,16,28-29,36-40,79H,6-8,12-13,15,17-27,30-32,54H2,1-5H3,(H,55,61)(H,56,62)(H,57,63)(H,58,67)(H,59,68)(H,64,65)(H,70,71)/t36-,37-,38-,39?,40?/m1/s1. The number of carboxylic acid groups (broad SMARTS) is 2. The van der Waals surface area contributed by atoms with E-state index in [1.807, 2.05) is 19.1 Å². The number of thiol groups is 1. The fraction of sp³-hybridized carbons (Fsp3) is 0.585. The molecule has 79 heavy (non-hydrogen) atoms. The van der Waals surface area contributed by atoms with Gasteiger partial charge in [0.05, 0.1) is 60.3 Å². The van der Waals surface area contributed by atoms with E-state index in [0.29, 0.717) is 61.3 Å². The van der Waals surface area contributed by atoms with E-state index < -0.39 is 95.3 Å². The molecule has 2 aromatic rings. The van der Waals surface area contributed by atoms with Crippen molar-refractivity contribution in [2.75, 3.05) is 84.6 Å². The Morgan fingerprint density at radius 3 is 2.06 bits per heavy atom. The van der Waals surface area contributed by atoms with Crippen LogP contribution in [0.5, 0.6) is 11.5 Å². The summed E-state index contributed by atoms with van der Waals surface area (Å²) in [7, 11) is 3.07. The molecule has 2 aromatic carbocycles. The first-order chi connectivity index (χ1) is 37.6. The average molecular weight is 1130 g/mol. The molecule has 25 nitrogen and oxygen atoms in total. The lowest BCUT2D eigenvalue weighted by Gasteiger charge is -2.36. The Balaban J connectivity index is 1.37. The van der Waals surface area contributed by atoms with Gasteiger partial charge in [-0.2, -0.15) is 12.6 Å². The Bertz CT molecular complexity index is 2390. The lowest BCUT2D eigenvalue weighted by atomic mass is 9.84. The number of hydrogen-bond donors (Lipinski definition) is 9. The number of amides is 6. The molecule has 1 aliphatic rings. The van der Waals surface area contributed by atoms with Crippen molar-refractivity contribution in [1.82, 2.24) is 26.2 Å². The summed E-state index contributed by atoms with van der Waals surface area (Å²) < 4.78 is 33.4. The number of methoxy groups -OCH3 is 2. The highest BCUT2D eigenvalue weighted by Crippen LogP contribution is 2.32. The van der Waals surface area contributed by atoms with Gasteiger partial charge in [-0.15, -0.1) is 0 Å². The van der Waals surface area contributed by atoms with Crippen LogP contribution in [-0.2, 0) is 73.3 Å². The zero-order valence-corrected chi connectivity index (χ0v) is 46.4. The number of esters is 1. The van der Waals surface area contributed by atoms with Crippen LogP contribution >= 0.6 is 12.6 Å². The number of nitrogens with one attached hydrogen (secondary N) is 5. The van der Waals surface area contributed by atoms with Crippen LogP contribution in [0.15, 0.2) is 42.5 Å². The number of carboxylic acids is 2. The number of rotatable bonds is 37. The SMILES string of the molecule is CCC(C)(C)C(=O)C(=O)N1CCCCC1C(=O)OC(CCc1ccc(OC)c(OC)c1)c1cccc(NC(=O)CCC(=O)NCCOCCOCCOCCC(=O)NC[C@@H](N)C(=O)N[C@H](CC(=O)O)C(=O)N[C@H](CS)C(=O)O)c1. The number of hydrogen-bond acceptors (Lipinski definition) is 18. The number of Topliss-reactive ketones (excluding diaryl/α,β-unsaturated/α-hetero) is 1. The van der Waals surface area contributed by atoms with E-state index in [1.165, 1.54) is 19.1 Å². The van der Waals surface area contributed by atoms with E-state index in [1.54, 1.807) is 44.2 Å². The van der Waals surface area contributed by atoms with Crippen LogP contribution in [0, 0.1) is 5.41 Å². The molecule has 438 valence electrons. The van der Waals surface area contributed by atoms with Crippen LogP contribution in [-0.4, -0.2) is 178 Å². The quantitative estimate of drug-likeness (QED) is 0.0200. The molecule has 1 saturated heterocycles.